The first-order valence-electron chi connectivity index (χ1n) is 10.5. The molecule has 4 heterocycles. The molecule has 2 atom stereocenters. The van der Waals surface area contributed by atoms with Crippen LogP contribution in [0.25, 0.3) is 10.9 Å². The standard InChI is InChI=1S/C21H22F4N6O2/c22-20(3-6-27-7-4-20)12-30-19(32)16-10-31(11-17(33-16)21(23,24)25)15-9-29-14(8-26)18-13(15)2-1-5-28-18/h1-2,5,9,16-17,27H,3-4,6-7,10-12H2,(H,30,32)/t16-,17+/m1/s1. The van der Waals surface area contributed by atoms with Crippen molar-refractivity contribution in [3.05, 3.63) is 30.2 Å². The number of nitriles is 1. The third-order valence-corrected chi connectivity index (χ3v) is 5.91. The van der Waals surface area contributed by atoms with Crippen LogP contribution in [-0.4, -0.2) is 72.7 Å². The molecule has 0 aliphatic carbocycles. The molecule has 0 saturated carbocycles. The highest BCUT2D eigenvalue weighted by Gasteiger charge is 2.48. The van der Waals surface area contributed by atoms with Gasteiger partial charge in [-0.3, -0.25) is 9.78 Å². The molecular weight excluding hydrogens is 444 g/mol. The zero-order valence-electron chi connectivity index (χ0n) is 17.5. The molecule has 0 aromatic carbocycles. The molecule has 0 unspecified atom stereocenters. The summed E-state index contributed by atoms with van der Waals surface area (Å²) in [6.45, 7) is -0.137. The molecule has 2 aliphatic heterocycles. The van der Waals surface area contributed by atoms with Crippen LogP contribution in [0.5, 0.6) is 0 Å². The van der Waals surface area contributed by atoms with E-state index < -0.39 is 36.5 Å². The highest BCUT2D eigenvalue weighted by Crippen LogP contribution is 2.33. The highest BCUT2D eigenvalue weighted by atomic mass is 19.4. The summed E-state index contributed by atoms with van der Waals surface area (Å²) in [6.07, 6.45) is -5.28. The van der Waals surface area contributed by atoms with Crippen molar-refractivity contribution >= 4 is 22.5 Å². The number of pyridine rings is 2. The molecule has 12 heteroatoms. The van der Waals surface area contributed by atoms with E-state index >= 15 is 0 Å². The summed E-state index contributed by atoms with van der Waals surface area (Å²) in [5, 5.41) is 15.1. The highest BCUT2D eigenvalue weighted by molar-refractivity contribution is 5.94. The number of piperidine rings is 1. The van der Waals surface area contributed by atoms with Crippen LogP contribution < -0.4 is 15.5 Å². The van der Waals surface area contributed by atoms with Gasteiger partial charge in [-0.2, -0.15) is 18.4 Å². The Hall–Kier alpha value is -3.04. The van der Waals surface area contributed by atoms with Crippen molar-refractivity contribution in [1.82, 2.24) is 20.6 Å². The van der Waals surface area contributed by atoms with Gasteiger partial charge in [-0.25, -0.2) is 9.37 Å². The molecule has 0 bridgehead atoms. The Morgan fingerprint density at radius 2 is 2.09 bits per heavy atom. The van der Waals surface area contributed by atoms with Gasteiger partial charge in [-0.1, -0.05) is 0 Å². The minimum Gasteiger partial charge on any atom is -0.364 e. The Morgan fingerprint density at radius 1 is 1.33 bits per heavy atom. The fourth-order valence-electron chi connectivity index (χ4n) is 4.08. The second kappa shape index (κ2) is 9.07. The molecule has 176 valence electrons. The average Bonchev–Trinajstić information content (AvgIpc) is 2.81. The number of fused-ring (bicyclic) bond motifs is 1. The molecule has 2 N–H and O–H groups in total. The number of carbonyl (C=O) groups is 1. The summed E-state index contributed by atoms with van der Waals surface area (Å²) in [5.74, 6) is -0.812. The molecule has 0 radical (unpaired) electrons. The maximum atomic E-state index is 14.8. The number of hydrogen-bond acceptors (Lipinski definition) is 7. The summed E-state index contributed by atoms with van der Waals surface area (Å²) >= 11 is 0. The minimum atomic E-state index is -4.72. The van der Waals surface area contributed by atoms with Crippen LogP contribution in [0.2, 0.25) is 0 Å². The van der Waals surface area contributed by atoms with Crippen molar-refractivity contribution in [2.45, 2.75) is 36.9 Å². The van der Waals surface area contributed by atoms with Crippen LogP contribution in [0.4, 0.5) is 23.2 Å². The van der Waals surface area contributed by atoms with Gasteiger partial charge in [0, 0.05) is 11.6 Å². The van der Waals surface area contributed by atoms with Crippen LogP contribution in [-0.2, 0) is 9.53 Å². The molecule has 2 aromatic rings. The van der Waals surface area contributed by atoms with Crippen molar-refractivity contribution in [1.29, 1.82) is 5.26 Å². The largest absolute Gasteiger partial charge is 0.416 e. The van der Waals surface area contributed by atoms with Gasteiger partial charge in [-0.15, -0.1) is 0 Å². The predicted octanol–water partition coefficient (Wildman–Crippen LogP) is 1.85. The molecule has 33 heavy (non-hydrogen) atoms. The van der Waals surface area contributed by atoms with Gasteiger partial charge in [0.05, 0.1) is 31.5 Å². The SMILES string of the molecule is N#Cc1ncc(N2C[C@@H](C(F)(F)F)O[C@@H](C(=O)NCC3(F)CCNCC3)C2)c2cccnc12. The second-order valence-corrected chi connectivity index (χ2v) is 8.18. The van der Waals surface area contributed by atoms with Crippen LogP contribution in [0.3, 0.4) is 0 Å². The fraction of sp³-hybridized carbons (Fsp3) is 0.524. The van der Waals surface area contributed by atoms with Crippen molar-refractivity contribution in [3.8, 4) is 6.07 Å². The molecule has 0 spiro atoms. The van der Waals surface area contributed by atoms with Crippen molar-refractivity contribution in [2.75, 3.05) is 37.6 Å². The number of alkyl halides is 4. The molecule has 4 rings (SSSR count). The lowest BCUT2D eigenvalue weighted by atomic mass is 9.94. The number of anilines is 1. The van der Waals surface area contributed by atoms with Gasteiger partial charge >= 0.3 is 6.18 Å². The zero-order chi connectivity index (χ0) is 23.6. The molecule has 2 fully saturated rings. The van der Waals surface area contributed by atoms with Gasteiger partial charge in [-0.05, 0) is 38.1 Å². The quantitative estimate of drug-likeness (QED) is 0.663. The summed E-state index contributed by atoms with van der Waals surface area (Å²) in [7, 11) is 0. The Balaban J connectivity index is 1.59. The summed E-state index contributed by atoms with van der Waals surface area (Å²) in [5.41, 5.74) is -1.02. The predicted molar refractivity (Wildman–Crippen MR) is 110 cm³/mol. The van der Waals surface area contributed by atoms with Crippen molar-refractivity contribution < 1.29 is 27.1 Å². The first-order chi connectivity index (χ1) is 15.7. The van der Waals surface area contributed by atoms with Crippen LogP contribution >= 0.6 is 0 Å². The van der Waals surface area contributed by atoms with E-state index in [1.54, 1.807) is 12.1 Å². The number of aromatic nitrogens is 2. The van der Waals surface area contributed by atoms with Gasteiger partial charge in [0.25, 0.3) is 5.91 Å². The second-order valence-electron chi connectivity index (χ2n) is 8.18. The molecule has 2 aliphatic rings. The number of morpholine rings is 1. The normalized spacial score (nSPS) is 23.2. The Labute approximate surface area is 186 Å². The van der Waals surface area contributed by atoms with E-state index in [2.05, 4.69) is 20.6 Å². The monoisotopic (exact) mass is 466 g/mol. The van der Waals surface area contributed by atoms with Crippen molar-refractivity contribution in [3.63, 3.8) is 0 Å². The van der Waals surface area contributed by atoms with Crippen LogP contribution in [0.15, 0.2) is 24.5 Å². The topological polar surface area (TPSA) is 103 Å². The van der Waals surface area contributed by atoms with Gasteiger partial charge in [0.2, 0.25) is 0 Å². The number of nitrogens with zero attached hydrogens (tertiary/aromatic N) is 4. The number of carbonyl (C=O) groups excluding carboxylic acids is 1. The summed E-state index contributed by atoms with van der Waals surface area (Å²) < 4.78 is 60.8. The van der Waals surface area contributed by atoms with Gasteiger partial charge in [0.1, 0.15) is 17.3 Å². The molecule has 2 aromatic heterocycles. The zero-order valence-corrected chi connectivity index (χ0v) is 17.5. The lowest BCUT2D eigenvalue weighted by Gasteiger charge is -2.39. The average molecular weight is 466 g/mol. The third-order valence-electron chi connectivity index (χ3n) is 5.91. The van der Waals surface area contributed by atoms with E-state index in [1.807, 2.05) is 6.07 Å². The van der Waals surface area contributed by atoms with E-state index in [1.165, 1.54) is 17.3 Å². The van der Waals surface area contributed by atoms with Crippen molar-refractivity contribution in [2.24, 2.45) is 0 Å². The fourth-order valence-corrected chi connectivity index (χ4v) is 4.08. The minimum absolute atomic E-state index is 0.0412. The lowest BCUT2D eigenvalue weighted by molar-refractivity contribution is -0.234. The van der Waals surface area contributed by atoms with Crippen LogP contribution in [0, 0.1) is 11.3 Å². The van der Waals surface area contributed by atoms with E-state index in [9.17, 15) is 27.6 Å². The number of hydrogen-bond donors (Lipinski definition) is 2. The van der Waals surface area contributed by atoms with Gasteiger partial charge < -0.3 is 20.3 Å². The van der Waals surface area contributed by atoms with E-state index in [4.69, 9.17) is 4.74 Å². The number of nitrogens with one attached hydrogen (secondary N) is 2. The maximum Gasteiger partial charge on any atom is 0.416 e. The van der Waals surface area contributed by atoms with E-state index in [-0.39, 0.29) is 37.1 Å². The first-order valence-corrected chi connectivity index (χ1v) is 10.5. The smallest absolute Gasteiger partial charge is 0.364 e. The Bertz CT molecular complexity index is 1070. The summed E-state index contributed by atoms with van der Waals surface area (Å²) in [4.78, 5) is 22.2. The molecular formula is C21H22F4N6O2. The maximum absolute atomic E-state index is 14.8. The van der Waals surface area contributed by atoms with E-state index in [0.29, 0.717) is 24.2 Å². The lowest BCUT2D eigenvalue weighted by Crippen LogP contribution is -2.58. The first kappa shape index (κ1) is 23.1. The summed E-state index contributed by atoms with van der Waals surface area (Å²) in [6, 6.07) is 5.13. The molecule has 1 amide bonds. The number of halogens is 4. The number of ether oxygens (including phenoxy) is 1. The molecule has 8 nitrogen and oxygen atoms in total. The number of rotatable bonds is 4. The Morgan fingerprint density at radius 3 is 2.79 bits per heavy atom. The van der Waals surface area contributed by atoms with E-state index in [0.717, 1.165) is 0 Å². The molecule has 2 saturated heterocycles. The van der Waals surface area contributed by atoms with Crippen LogP contribution in [0.1, 0.15) is 18.5 Å². The number of amides is 1. The Kier molecular flexibility index (Phi) is 6.36. The third kappa shape index (κ3) is 4.99. The van der Waals surface area contributed by atoms with Gasteiger partial charge in [0.15, 0.2) is 17.9 Å².